The summed E-state index contributed by atoms with van der Waals surface area (Å²) in [4.78, 5) is 0. The summed E-state index contributed by atoms with van der Waals surface area (Å²) in [7, 11) is 0. The largest absolute Gasteiger partial charge is 0.391 e. The predicted octanol–water partition coefficient (Wildman–Crippen LogP) is 2.15. The summed E-state index contributed by atoms with van der Waals surface area (Å²) < 4.78 is 13.0. The summed E-state index contributed by atoms with van der Waals surface area (Å²) >= 11 is 0. The summed E-state index contributed by atoms with van der Waals surface area (Å²) in [6.45, 7) is 5.64. The average Bonchev–Trinajstić information content (AvgIpc) is 2.19. The molecule has 84 valence electrons. The van der Waals surface area contributed by atoms with Crippen molar-refractivity contribution >= 4 is 0 Å². The fourth-order valence-electron chi connectivity index (χ4n) is 1.57. The van der Waals surface area contributed by atoms with E-state index in [9.17, 15) is 9.50 Å². The molecule has 1 aromatic rings. The molecular formula is C12H18FNO. The lowest BCUT2D eigenvalue weighted by molar-refractivity contribution is 0.0976. The molecule has 0 amide bonds. The lowest BCUT2D eigenvalue weighted by Gasteiger charge is -2.23. The highest BCUT2D eigenvalue weighted by Crippen LogP contribution is 2.23. The van der Waals surface area contributed by atoms with Crippen LogP contribution < -0.4 is 5.73 Å². The smallest absolute Gasteiger partial charge is 0.123 e. The molecule has 0 aliphatic rings. The van der Waals surface area contributed by atoms with Crippen LogP contribution in [0, 0.1) is 18.7 Å². The maximum atomic E-state index is 13.0. The van der Waals surface area contributed by atoms with Gasteiger partial charge in [0, 0.05) is 0 Å². The molecule has 0 saturated heterocycles. The third-order valence-electron chi connectivity index (χ3n) is 2.65. The molecule has 3 heteroatoms. The number of halogens is 1. The van der Waals surface area contributed by atoms with Crippen LogP contribution in [0.5, 0.6) is 0 Å². The zero-order chi connectivity index (χ0) is 11.6. The fraction of sp³-hybridized carbons (Fsp3) is 0.500. The number of hydrogen-bond acceptors (Lipinski definition) is 2. The van der Waals surface area contributed by atoms with Crippen LogP contribution in [-0.4, -0.2) is 11.2 Å². The molecule has 2 nitrogen and oxygen atoms in total. The molecule has 0 aromatic heterocycles. The Kier molecular flexibility index (Phi) is 3.83. The van der Waals surface area contributed by atoms with E-state index in [-0.39, 0.29) is 11.7 Å². The minimum Gasteiger partial charge on any atom is -0.391 e. The molecule has 0 unspecified atom stereocenters. The number of nitrogens with two attached hydrogens (primary N) is 1. The van der Waals surface area contributed by atoms with Crippen LogP contribution in [0.2, 0.25) is 0 Å². The van der Waals surface area contributed by atoms with Crippen LogP contribution in [0.15, 0.2) is 18.2 Å². The average molecular weight is 211 g/mol. The van der Waals surface area contributed by atoms with Crippen molar-refractivity contribution in [3.8, 4) is 0 Å². The van der Waals surface area contributed by atoms with Crippen molar-refractivity contribution in [3.05, 3.63) is 35.1 Å². The number of aliphatic hydroxyl groups is 1. The molecule has 15 heavy (non-hydrogen) atoms. The number of hydrogen-bond donors (Lipinski definition) is 2. The van der Waals surface area contributed by atoms with Gasteiger partial charge in [-0.25, -0.2) is 4.39 Å². The molecule has 3 N–H and O–H groups in total. The Hall–Kier alpha value is -0.930. The number of benzene rings is 1. The highest BCUT2D eigenvalue weighted by Gasteiger charge is 2.21. The minimum absolute atomic E-state index is 0.0580. The second kappa shape index (κ2) is 4.73. The monoisotopic (exact) mass is 211 g/mol. The Balaban J connectivity index is 2.99. The molecule has 2 atom stereocenters. The lowest BCUT2D eigenvalue weighted by Crippen LogP contribution is -2.31. The van der Waals surface area contributed by atoms with Crippen molar-refractivity contribution in [3.63, 3.8) is 0 Å². The Morgan fingerprint density at radius 2 is 1.93 bits per heavy atom. The first-order chi connectivity index (χ1) is 6.93. The van der Waals surface area contributed by atoms with E-state index in [1.165, 1.54) is 12.1 Å². The molecule has 0 radical (unpaired) electrons. The molecule has 1 aromatic carbocycles. The normalized spacial score (nSPS) is 15.4. The highest BCUT2D eigenvalue weighted by molar-refractivity contribution is 5.30. The van der Waals surface area contributed by atoms with E-state index in [2.05, 4.69) is 0 Å². The quantitative estimate of drug-likeness (QED) is 0.804. The van der Waals surface area contributed by atoms with Gasteiger partial charge in [0.25, 0.3) is 0 Å². The summed E-state index contributed by atoms with van der Waals surface area (Å²) in [6, 6.07) is 3.94. The predicted molar refractivity (Wildman–Crippen MR) is 58.9 cm³/mol. The number of aliphatic hydroxyl groups excluding tert-OH is 1. The van der Waals surface area contributed by atoms with E-state index in [0.717, 1.165) is 5.56 Å². The second-order valence-corrected chi connectivity index (χ2v) is 4.26. The third kappa shape index (κ3) is 2.76. The Morgan fingerprint density at radius 1 is 1.33 bits per heavy atom. The first kappa shape index (κ1) is 12.1. The third-order valence-corrected chi connectivity index (χ3v) is 2.65. The van der Waals surface area contributed by atoms with E-state index < -0.39 is 12.1 Å². The molecule has 0 spiro atoms. The van der Waals surface area contributed by atoms with E-state index in [1.807, 2.05) is 20.8 Å². The van der Waals surface area contributed by atoms with Crippen molar-refractivity contribution in [1.29, 1.82) is 0 Å². The summed E-state index contributed by atoms with van der Waals surface area (Å²) in [5.74, 6) is -0.260. The van der Waals surface area contributed by atoms with Gasteiger partial charge in [0.05, 0.1) is 12.1 Å². The molecule has 0 fully saturated rings. The van der Waals surface area contributed by atoms with Crippen LogP contribution in [0.1, 0.15) is 31.0 Å². The van der Waals surface area contributed by atoms with Gasteiger partial charge in [0.2, 0.25) is 0 Å². The molecule has 0 heterocycles. The van der Waals surface area contributed by atoms with Gasteiger partial charge in [-0.3, -0.25) is 0 Å². The standard InChI is InChI=1S/C12H18FNO/c1-7(2)12(15)11(14)10-6-9(13)5-4-8(10)3/h4-7,11-12,15H,14H2,1-3H3/t11-,12+/m0/s1. The summed E-state index contributed by atoms with van der Waals surface area (Å²) in [5.41, 5.74) is 7.48. The topological polar surface area (TPSA) is 46.2 Å². The van der Waals surface area contributed by atoms with Crippen LogP contribution in [-0.2, 0) is 0 Å². The fourth-order valence-corrected chi connectivity index (χ4v) is 1.57. The SMILES string of the molecule is Cc1ccc(F)cc1[C@H](N)[C@H](O)C(C)C. The first-order valence-corrected chi connectivity index (χ1v) is 5.13. The van der Waals surface area contributed by atoms with E-state index >= 15 is 0 Å². The van der Waals surface area contributed by atoms with E-state index in [4.69, 9.17) is 5.73 Å². The van der Waals surface area contributed by atoms with Crippen molar-refractivity contribution in [2.24, 2.45) is 11.7 Å². The van der Waals surface area contributed by atoms with Gasteiger partial charge in [-0.15, -0.1) is 0 Å². The van der Waals surface area contributed by atoms with Gasteiger partial charge in [-0.2, -0.15) is 0 Å². The molecule has 0 aliphatic heterocycles. The van der Waals surface area contributed by atoms with Crippen LogP contribution >= 0.6 is 0 Å². The van der Waals surface area contributed by atoms with Gasteiger partial charge in [0.1, 0.15) is 5.82 Å². The van der Waals surface area contributed by atoms with Crippen molar-refractivity contribution in [2.45, 2.75) is 32.9 Å². The summed E-state index contributed by atoms with van der Waals surface area (Å²) in [5, 5.41) is 9.82. The van der Waals surface area contributed by atoms with Crippen LogP contribution in [0.25, 0.3) is 0 Å². The maximum absolute atomic E-state index is 13.0. The number of aryl methyl sites for hydroxylation is 1. The van der Waals surface area contributed by atoms with Crippen molar-refractivity contribution in [2.75, 3.05) is 0 Å². The zero-order valence-corrected chi connectivity index (χ0v) is 9.37. The van der Waals surface area contributed by atoms with Crippen molar-refractivity contribution in [1.82, 2.24) is 0 Å². The van der Waals surface area contributed by atoms with E-state index in [0.29, 0.717) is 5.56 Å². The Labute approximate surface area is 89.9 Å². The highest BCUT2D eigenvalue weighted by atomic mass is 19.1. The van der Waals surface area contributed by atoms with Crippen molar-refractivity contribution < 1.29 is 9.50 Å². The molecule has 0 bridgehead atoms. The maximum Gasteiger partial charge on any atom is 0.123 e. The first-order valence-electron chi connectivity index (χ1n) is 5.13. The van der Waals surface area contributed by atoms with E-state index in [1.54, 1.807) is 6.07 Å². The zero-order valence-electron chi connectivity index (χ0n) is 9.37. The molecule has 0 saturated carbocycles. The van der Waals surface area contributed by atoms with Gasteiger partial charge in [-0.05, 0) is 36.1 Å². The van der Waals surface area contributed by atoms with Crippen LogP contribution in [0.3, 0.4) is 0 Å². The number of rotatable bonds is 3. The molecular weight excluding hydrogens is 193 g/mol. The van der Waals surface area contributed by atoms with Gasteiger partial charge in [-0.1, -0.05) is 19.9 Å². The van der Waals surface area contributed by atoms with Crippen LogP contribution in [0.4, 0.5) is 4.39 Å². The van der Waals surface area contributed by atoms with Gasteiger partial charge >= 0.3 is 0 Å². The van der Waals surface area contributed by atoms with Gasteiger partial charge in [0.15, 0.2) is 0 Å². The minimum atomic E-state index is -0.648. The lowest BCUT2D eigenvalue weighted by atomic mass is 9.92. The second-order valence-electron chi connectivity index (χ2n) is 4.26. The Bertz CT molecular complexity index is 338. The molecule has 0 aliphatic carbocycles. The summed E-state index contributed by atoms with van der Waals surface area (Å²) in [6.07, 6.45) is -0.648. The molecule has 1 rings (SSSR count). The Morgan fingerprint density at radius 3 is 2.47 bits per heavy atom. The van der Waals surface area contributed by atoms with Gasteiger partial charge < -0.3 is 10.8 Å².